The molecule has 0 radical (unpaired) electrons. The van der Waals surface area contributed by atoms with Crippen molar-refractivity contribution in [3.8, 4) is 0 Å². The van der Waals surface area contributed by atoms with E-state index in [0.29, 0.717) is 0 Å². The van der Waals surface area contributed by atoms with E-state index in [9.17, 15) is 4.39 Å². The van der Waals surface area contributed by atoms with Crippen LogP contribution < -0.4 is 0 Å². The van der Waals surface area contributed by atoms with Crippen LogP contribution in [0.1, 0.15) is 54.4 Å². The lowest BCUT2D eigenvalue weighted by atomic mass is 9.97. The van der Waals surface area contributed by atoms with E-state index in [1.54, 1.807) is 0 Å². The van der Waals surface area contributed by atoms with Crippen molar-refractivity contribution >= 4 is 0 Å². The van der Waals surface area contributed by atoms with E-state index in [2.05, 4.69) is 13.0 Å². The van der Waals surface area contributed by atoms with Crippen molar-refractivity contribution in [3.63, 3.8) is 0 Å². The van der Waals surface area contributed by atoms with Gasteiger partial charge in [0, 0.05) is 0 Å². The van der Waals surface area contributed by atoms with E-state index in [1.165, 1.54) is 0 Å². The molecule has 106 valence electrons. The zero-order valence-corrected chi connectivity index (χ0v) is 12.8. The Kier molecular flexibility index (Phi) is 7.97. The quantitative estimate of drug-likeness (QED) is 0.444. The fraction of sp³-hybridized carbons (Fsp3) is 0.750. The van der Waals surface area contributed by atoms with Gasteiger partial charge in [-0.05, 0) is 51.2 Å². The standard InChI is InChI=1S/C16H29FO/c1-7-8-9-15(18-16(4,5)6)11-10-13(2)14(3)12-17/h9-11,13-14H,7-8,12H2,1-6H3/b11-10-,15-9+. The van der Waals surface area contributed by atoms with E-state index in [-0.39, 0.29) is 24.1 Å². The summed E-state index contributed by atoms with van der Waals surface area (Å²) in [5.74, 6) is 1.18. The number of unbranched alkanes of at least 4 members (excludes halogenated alkanes) is 1. The van der Waals surface area contributed by atoms with Crippen LogP contribution in [0.25, 0.3) is 0 Å². The third-order valence-electron chi connectivity index (χ3n) is 2.76. The zero-order valence-electron chi connectivity index (χ0n) is 12.8. The van der Waals surface area contributed by atoms with E-state index in [1.807, 2.05) is 46.8 Å². The van der Waals surface area contributed by atoms with Gasteiger partial charge in [0.05, 0.1) is 6.67 Å². The molecule has 0 aliphatic rings. The van der Waals surface area contributed by atoms with Gasteiger partial charge in [-0.2, -0.15) is 0 Å². The molecule has 1 nitrogen and oxygen atoms in total. The lowest BCUT2D eigenvalue weighted by Crippen LogP contribution is -2.18. The van der Waals surface area contributed by atoms with Crippen molar-refractivity contribution in [2.24, 2.45) is 11.8 Å². The van der Waals surface area contributed by atoms with Crippen molar-refractivity contribution in [2.75, 3.05) is 6.67 Å². The van der Waals surface area contributed by atoms with Crippen LogP contribution in [-0.2, 0) is 4.74 Å². The van der Waals surface area contributed by atoms with Crippen molar-refractivity contribution in [1.29, 1.82) is 0 Å². The summed E-state index contributed by atoms with van der Waals surface area (Å²) in [5.41, 5.74) is -0.196. The van der Waals surface area contributed by atoms with Gasteiger partial charge in [0.25, 0.3) is 0 Å². The largest absolute Gasteiger partial charge is 0.489 e. The monoisotopic (exact) mass is 256 g/mol. The highest BCUT2D eigenvalue weighted by molar-refractivity contribution is 5.14. The second-order valence-corrected chi connectivity index (χ2v) is 5.96. The van der Waals surface area contributed by atoms with Gasteiger partial charge in [0.15, 0.2) is 0 Å². The Morgan fingerprint density at radius 2 is 1.89 bits per heavy atom. The number of allylic oxidation sites excluding steroid dienone is 3. The molecule has 0 bridgehead atoms. The predicted octanol–water partition coefficient (Wildman–Crippen LogP) is 5.28. The molecule has 0 fully saturated rings. The molecule has 0 saturated carbocycles. The summed E-state index contributed by atoms with van der Waals surface area (Å²) in [4.78, 5) is 0. The first-order chi connectivity index (χ1) is 8.30. The lowest BCUT2D eigenvalue weighted by Gasteiger charge is -2.22. The molecule has 0 aliphatic heterocycles. The Balaban J connectivity index is 4.64. The van der Waals surface area contributed by atoms with Gasteiger partial charge in [-0.3, -0.25) is 4.39 Å². The zero-order chi connectivity index (χ0) is 14.2. The maximum atomic E-state index is 12.6. The third-order valence-corrected chi connectivity index (χ3v) is 2.76. The molecule has 2 heteroatoms. The van der Waals surface area contributed by atoms with Gasteiger partial charge in [0.1, 0.15) is 11.4 Å². The summed E-state index contributed by atoms with van der Waals surface area (Å²) >= 11 is 0. The van der Waals surface area contributed by atoms with Gasteiger partial charge >= 0.3 is 0 Å². The molecule has 0 aromatic rings. The van der Waals surface area contributed by atoms with Crippen LogP contribution in [0, 0.1) is 11.8 Å². The number of hydrogen-bond donors (Lipinski definition) is 0. The molecule has 0 aromatic carbocycles. The Hall–Kier alpha value is -0.790. The summed E-state index contributed by atoms with van der Waals surface area (Å²) in [6.45, 7) is 11.9. The summed E-state index contributed by atoms with van der Waals surface area (Å²) in [5, 5.41) is 0. The molecule has 0 N–H and O–H groups in total. The van der Waals surface area contributed by atoms with Crippen molar-refractivity contribution < 1.29 is 9.13 Å². The van der Waals surface area contributed by atoms with E-state index < -0.39 is 0 Å². The predicted molar refractivity (Wildman–Crippen MR) is 77.3 cm³/mol. The molecular formula is C16H29FO. The van der Waals surface area contributed by atoms with Crippen LogP contribution >= 0.6 is 0 Å². The Labute approximate surface area is 112 Å². The minimum Gasteiger partial charge on any atom is -0.489 e. The molecule has 0 spiro atoms. The summed E-state index contributed by atoms with van der Waals surface area (Å²) in [6.07, 6.45) is 8.23. The molecule has 0 rings (SSSR count). The van der Waals surface area contributed by atoms with Crippen LogP contribution in [0.4, 0.5) is 4.39 Å². The van der Waals surface area contributed by atoms with Crippen LogP contribution in [0.5, 0.6) is 0 Å². The van der Waals surface area contributed by atoms with Gasteiger partial charge in [-0.1, -0.05) is 33.3 Å². The maximum Gasteiger partial charge on any atom is 0.115 e. The van der Waals surface area contributed by atoms with Crippen molar-refractivity contribution in [3.05, 3.63) is 24.0 Å². The van der Waals surface area contributed by atoms with E-state index in [4.69, 9.17) is 4.74 Å². The highest BCUT2D eigenvalue weighted by Crippen LogP contribution is 2.18. The maximum absolute atomic E-state index is 12.6. The number of hydrogen-bond acceptors (Lipinski definition) is 1. The normalized spacial score (nSPS) is 16.9. The minimum atomic E-state index is -0.278. The van der Waals surface area contributed by atoms with Crippen LogP contribution in [0.2, 0.25) is 0 Å². The molecule has 0 heterocycles. The molecule has 0 saturated heterocycles. The third kappa shape index (κ3) is 8.32. The average Bonchev–Trinajstić information content (AvgIpc) is 2.29. The fourth-order valence-electron chi connectivity index (χ4n) is 1.36. The molecule has 2 unspecified atom stereocenters. The van der Waals surface area contributed by atoms with Crippen LogP contribution in [-0.4, -0.2) is 12.3 Å². The number of rotatable bonds is 7. The molecule has 0 aliphatic carbocycles. The van der Waals surface area contributed by atoms with Crippen molar-refractivity contribution in [2.45, 2.75) is 60.0 Å². The summed E-state index contributed by atoms with van der Waals surface area (Å²) < 4.78 is 18.4. The van der Waals surface area contributed by atoms with E-state index >= 15 is 0 Å². The molecular weight excluding hydrogens is 227 g/mol. The van der Waals surface area contributed by atoms with Gasteiger partial charge < -0.3 is 4.74 Å². The number of alkyl halides is 1. The first-order valence-corrected chi connectivity index (χ1v) is 6.93. The Morgan fingerprint density at radius 3 is 2.33 bits per heavy atom. The Morgan fingerprint density at radius 1 is 1.28 bits per heavy atom. The van der Waals surface area contributed by atoms with Crippen LogP contribution in [0.15, 0.2) is 24.0 Å². The number of ether oxygens (including phenoxy) is 1. The van der Waals surface area contributed by atoms with Gasteiger partial charge in [0.2, 0.25) is 0 Å². The fourth-order valence-corrected chi connectivity index (χ4v) is 1.36. The highest BCUT2D eigenvalue weighted by atomic mass is 19.1. The topological polar surface area (TPSA) is 9.23 Å². The highest BCUT2D eigenvalue weighted by Gasteiger charge is 2.13. The second-order valence-electron chi connectivity index (χ2n) is 5.96. The van der Waals surface area contributed by atoms with Gasteiger partial charge in [-0.25, -0.2) is 0 Å². The molecule has 18 heavy (non-hydrogen) atoms. The van der Waals surface area contributed by atoms with E-state index in [0.717, 1.165) is 18.6 Å². The van der Waals surface area contributed by atoms with Gasteiger partial charge in [-0.15, -0.1) is 0 Å². The minimum absolute atomic E-state index is 0.0586. The second kappa shape index (κ2) is 8.34. The smallest absolute Gasteiger partial charge is 0.115 e. The Bertz CT molecular complexity index is 273. The van der Waals surface area contributed by atoms with Crippen molar-refractivity contribution in [1.82, 2.24) is 0 Å². The SMILES string of the molecule is CCC/C=C(\C=C/C(C)C(C)CF)OC(C)(C)C. The number of halogens is 1. The lowest BCUT2D eigenvalue weighted by molar-refractivity contribution is 0.0592. The first-order valence-electron chi connectivity index (χ1n) is 6.93. The summed E-state index contributed by atoms with van der Waals surface area (Å²) in [7, 11) is 0. The first kappa shape index (κ1) is 17.2. The molecule has 2 atom stereocenters. The van der Waals surface area contributed by atoms with Crippen LogP contribution in [0.3, 0.4) is 0 Å². The molecule has 0 aromatic heterocycles. The average molecular weight is 256 g/mol. The summed E-state index contributed by atoms with van der Waals surface area (Å²) in [6, 6.07) is 0. The molecule has 0 amide bonds.